The molecule has 1 amide bonds. The first kappa shape index (κ1) is 16.0. The molecule has 0 aromatic heterocycles. The summed E-state index contributed by atoms with van der Waals surface area (Å²) in [6.07, 6.45) is -6.46. The molecule has 1 rings (SSSR count). The Morgan fingerprint density at radius 1 is 1.20 bits per heavy atom. The Morgan fingerprint density at radius 3 is 2.30 bits per heavy atom. The Balaban J connectivity index is 2.55. The van der Waals surface area contributed by atoms with Crippen molar-refractivity contribution in [3.05, 3.63) is 35.9 Å². The number of carbonyl (C=O) groups is 2. The minimum atomic E-state index is -4.44. The highest BCUT2D eigenvalue weighted by molar-refractivity contribution is 5.83. The predicted octanol–water partition coefficient (Wildman–Crippen LogP) is 2.14. The number of hydrogen-bond donors (Lipinski definition) is 2. The van der Waals surface area contributed by atoms with Gasteiger partial charge in [0.15, 0.2) is 0 Å². The zero-order valence-electron chi connectivity index (χ0n) is 10.5. The molecule has 0 aliphatic carbocycles. The van der Waals surface area contributed by atoms with E-state index < -0.39 is 36.9 Å². The first-order chi connectivity index (χ1) is 9.28. The van der Waals surface area contributed by atoms with Gasteiger partial charge in [0.1, 0.15) is 6.04 Å². The topological polar surface area (TPSA) is 66.4 Å². The highest BCUT2D eigenvalue weighted by Gasteiger charge is 2.29. The third-order valence-corrected chi connectivity index (χ3v) is 2.55. The number of amides is 1. The Hall–Kier alpha value is -2.05. The molecule has 0 fully saturated rings. The minimum Gasteiger partial charge on any atom is -0.480 e. The number of benzene rings is 1. The normalized spacial score (nSPS) is 12.8. The standard InChI is InChI=1S/C13H14F3NO3/c14-13(15,16)7-6-11(18)17-10(12(19)20)8-9-4-2-1-3-5-9/h1-5,10H,6-8H2,(H,17,18)(H,19,20). The summed E-state index contributed by atoms with van der Waals surface area (Å²) < 4.78 is 35.9. The van der Waals surface area contributed by atoms with Gasteiger partial charge in [-0.1, -0.05) is 30.3 Å². The van der Waals surface area contributed by atoms with Crippen molar-refractivity contribution in [2.75, 3.05) is 0 Å². The lowest BCUT2D eigenvalue weighted by Gasteiger charge is -2.15. The summed E-state index contributed by atoms with van der Waals surface area (Å²) in [5.41, 5.74) is 0.677. The maximum absolute atomic E-state index is 12.0. The van der Waals surface area contributed by atoms with E-state index in [9.17, 15) is 22.8 Å². The van der Waals surface area contributed by atoms with Gasteiger partial charge in [-0.3, -0.25) is 4.79 Å². The highest BCUT2D eigenvalue weighted by Crippen LogP contribution is 2.21. The van der Waals surface area contributed by atoms with Gasteiger partial charge < -0.3 is 10.4 Å². The zero-order chi connectivity index (χ0) is 15.2. The summed E-state index contributed by atoms with van der Waals surface area (Å²) >= 11 is 0. The van der Waals surface area contributed by atoms with Gasteiger partial charge in [0.05, 0.1) is 6.42 Å². The van der Waals surface area contributed by atoms with Gasteiger partial charge in [0.2, 0.25) is 5.91 Å². The molecule has 0 bridgehead atoms. The Labute approximate surface area is 113 Å². The Morgan fingerprint density at radius 2 is 1.80 bits per heavy atom. The van der Waals surface area contributed by atoms with Gasteiger partial charge in [0, 0.05) is 12.8 Å². The van der Waals surface area contributed by atoms with Gasteiger partial charge >= 0.3 is 12.1 Å². The van der Waals surface area contributed by atoms with Gasteiger partial charge in [-0.25, -0.2) is 4.79 Å². The fourth-order valence-electron chi connectivity index (χ4n) is 1.57. The second-order valence-corrected chi connectivity index (χ2v) is 4.26. The molecular formula is C13H14F3NO3. The lowest BCUT2D eigenvalue weighted by atomic mass is 10.1. The Kier molecular flexibility index (Phi) is 5.54. The average molecular weight is 289 g/mol. The van der Waals surface area contributed by atoms with Crippen molar-refractivity contribution in [1.82, 2.24) is 5.32 Å². The lowest BCUT2D eigenvalue weighted by Crippen LogP contribution is -2.42. The molecule has 1 unspecified atom stereocenters. The molecule has 4 nitrogen and oxygen atoms in total. The maximum atomic E-state index is 12.0. The van der Waals surface area contributed by atoms with Crippen molar-refractivity contribution in [3.63, 3.8) is 0 Å². The molecule has 0 spiro atoms. The van der Waals surface area contributed by atoms with Crippen molar-refractivity contribution in [2.24, 2.45) is 0 Å². The second kappa shape index (κ2) is 6.93. The number of aliphatic carboxylic acids is 1. The molecule has 110 valence electrons. The summed E-state index contributed by atoms with van der Waals surface area (Å²) in [4.78, 5) is 22.3. The molecule has 0 saturated carbocycles. The number of rotatable bonds is 6. The van der Waals surface area contributed by atoms with Gasteiger partial charge in [-0.05, 0) is 5.56 Å². The SMILES string of the molecule is O=C(CCC(F)(F)F)NC(Cc1ccccc1)C(=O)O. The summed E-state index contributed by atoms with van der Waals surface area (Å²) in [6.45, 7) is 0. The van der Waals surface area contributed by atoms with Crippen LogP contribution in [0, 0.1) is 0 Å². The molecule has 0 aliphatic rings. The number of carboxylic acids is 1. The van der Waals surface area contributed by atoms with Crippen LogP contribution in [-0.4, -0.2) is 29.2 Å². The van der Waals surface area contributed by atoms with Crippen LogP contribution in [0.15, 0.2) is 30.3 Å². The molecule has 1 atom stereocenters. The minimum absolute atomic E-state index is 0.0218. The highest BCUT2D eigenvalue weighted by atomic mass is 19.4. The van der Waals surface area contributed by atoms with Crippen LogP contribution < -0.4 is 5.32 Å². The van der Waals surface area contributed by atoms with E-state index in [0.29, 0.717) is 5.56 Å². The zero-order valence-corrected chi connectivity index (χ0v) is 10.5. The predicted molar refractivity (Wildman–Crippen MR) is 65.0 cm³/mol. The first-order valence-corrected chi connectivity index (χ1v) is 5.91. The molecule has 1 aromatic carbocycles. The third-order valence-electron chi connectivity index (χ3n) is 2.55. The molecule has 0 radical (unpaired) electrons. The largest absolute Gasteiger partial charge is 0.480 e. The number of hydrogen-bond acceptors (Lipinski definition) is 2. The summed E-state index contributed by atoms with van der Waals surface area (Å²) in [7, 11) is 0. The molecule has 0 saturated heterocycles. The van der Waals surface area contributed by atoms with Crippen molar-refractivity contribution in [2.45, 2.75) is 31.5 Å². The van der Waals surface area contributed by atoms with Crippen LogP contribution in [0.5, 0.6) is 0 Å². The van der Waals surface area contributed by atoms with Gasteiger partial charge in [0.25, 0.3) is 0 Å². The molecule has 20 heavy (non-hydrogen) atoms. The van der Waals surface area contributed by atoms with Crippen molar-refractivity contribution < 1.29 is 27.9 Å². The van der Waals surface area contributed by atoms with Crippen LogP contribution in [0.25, 0.3) is 0 Å². The third kappa shape index (κ3) is 6.21. The lowest BCUT2D eigenvalue weighted by molar-refractivity contribution is -0.146. The molecular weight excluding hydrogens is 275 g/mol. The van der Waals surface area contributed by atoms with E-state index in [4.69, 9.17) is 5.11 Å². The van der Waals surface area contributed by atoms with Crippen LogP contribution in [0.4, 0.5) is 13.2 Å². The fraction of sp³-hybridized carbons (Fsp3) is 0.385. The van der Waals surface area contributed by atoms with Crippen LogP contribution in [0.3, 0.4) is 0 Å². The molecule has 7 heteroatoms. The number of alkyl halides is 3. The van der Waals surface area contributed by atoms with E-state index in [0.717, 1.165) is 0 Å². The van der Waals surface area contributed by atoms with E-state index in [-0.39, 0.29) is 6.42 Å². The average Bonchev–Trinajstić information content (AvgIpc) is 2.36. The smallest absolute Gasteiger partial charge is 0.389 e. The van der Waals surface area contributed by atoms with E-state index in [1.54, 1.807) is 30.3 Å². The van der Waals surface area contributed by atoms with E-state index in [1.165, 1.54) is 0 Å². The summed E-state index contributed by atoms with van der Waals surface area (Å²) in [5.74, 6) is -2.21. The molecule has 0 aliphatic heterocycles. The first-order valence-electron chi connectivity index (χ1n) is 5.91. The monoisotopic (exact) mass is 289 g/mol. The number of carbonyl (C=O) groups excluding carboxylic acids is 1. The van der Waals surface area contributed by atoms with Crippen LogP contribution in [0.2, 0.25) is 0 Å². The van der Waals surface area contributed by atoms with Gasteiger partial charge in [-0.2, -0.15) is 13.2 Å². The van der Waals surface area contributed by atoms with Crippen molar-refractivity contribution >= 4 is 11.9 Å². The van der Waals surface area contributed by atoms with Crippen LogP contribution in [-0.2, 0) is 16.0 Å². The summed E-state index contributed by atoms with van der Waals surface area (Å²) in [6, 6.07) is 7.29. The van der Waals surface area contributed by atoms with Gasteiger partial charge in [-0.15, -0.1) is 0 Å². The molecule has 0 heterocycles. The Bertz CT molecular complexity index is 460. The van der Waals surface area contributed by atoms with Crippen LogP contribution >= 0.6 is 0 Å². The fourth-order valence-corrected chi connectivity index (χ4v) is 1.57. The molecule has 2 N–H and O–H groups in total. The summed E-state index contributed by atoms with van der Waals surface area (Å²) in [5, 5.41) is 11.1. The number of nitrogens with one attached hydrogen (secondary N) is 1. The van der Waals surface area contributed by atoms with E-state index in [1.807, 2.05) is 0 Å². The van der Waals surface area contributed by atoms with Crippen molar-refractivity contribution in [1.29, 1.82) is 0 Å². The molecule has 1 aromatic rings. The van der Waals surface area contributed by atoms with Crippen LogP contribution in [0.1, 0.15) is 18.4 Å². The van der Waals surface area contributed by atoms with E-state index in [2.05, 4.69) is 5.32 Å². The van der Waals surface area contributed by atoms with Crippen molar-refractivity contribution in [3.8, 4) is 0 Å². The second-order valence-electron chi connectivity index (χ2n) is 4.26. The maximum Gasteiger partial charge on any atom is 0.389 e. The number of carboxylic acid groups (broad SMARTS) is 1. The quantitative estimate of drug-likeness (QED) is 0.843. The number of halogens is 3. The van der Waals surface area contributed by atoms with E-state index >= 15 is 0 Å².